The summed E-state index contributed by atoms with van der Waals surface area (Å²) in [4.78, 5) is 11.5. The van der Waals surface area contributed by atoms with Crippen LogP contribution in [0.4, 0.5) is 4.39 Å². The summed E-state index contributed by atoms with van der Waals surface area (Å²) in [7, 11) is 0. The fraction of sp³-hybridized carbons (Fsp3) is 0.762. The first-order chi connectivity index (χ1) is 11.8. The Bertz CT molecular complexity index is 666. The second-order valence-corrected chi connectivity index (χ2v) is 8.98. The average Bonchev–Trinajstić information content (AvgIpc) is 2.79. The average molecular weight is 348 g/mol. The predicted molar refractivity (Wildman–Crippen MR) is 93.6 cm³/mol. The molecule has 4 heteroatoms. The van der Waals surface area contributed by atoms with Crippen LogP contribution in [0.1, 0.15) is 65.7 Å². The third kappa shape index (κ3) is 2.43. The maximum Gasteiger partial charge on any atom is 0.303 e. The number of ether oxygens (including phenoxy) is 1. The van der Waals surface area contributed by atoms with Crippen molar-refractivity contribution in [3.8, 4) is 0 Å². The van der Waals surface area contributed by atoms with Crippen LogP contribution in [0.25, 0.3) is 0 Å². The third-order valence-electron chi connectivity index (χ3n) is 7.62. The van der Waals surface area contributed by atoms with Crippen molar-refractivity contribution >= 4 is 5.97 Å². The molecular weight excluding hydrogens is 319 g/mol. The Morgan fingerprint density at radius 3 is 2.68 bits per heavy atom. The highest BCUT2D eigenvalue weighted by Gasteiger charge is 2.57. The quantitative estimate of drug-likeness (QED) is 0.569. The summed E-state index contributed by atoms with van der Waals surface area (Å²) < 4.78 is 20.2. The van der Waals surface area contributed by atoms with Crippen LogP contribution in [-0.4, -0.2) is 29.5 Å². The molecule has 4 aliphatic carbocycles. The number of esters is 1. The molecule has 3 nitrogen and oxygen atoms in total. The highest BCUT2D eigenvalue weighted by Crippen LogP contribution is 2.63. The number of aliphatic hydroxyl groups excluding tert-OH is 1. The van der Waals surface area contributed by atoms with E-state index >= 15 is 0 Å². The molecule has 0 aromatic heterocycles. The van der Waals surface area contributed by atoms with Gasteiger partial charge < -0.3 is 9.84 Å². The first-order valence-electron chi connectivity index (χ1n) is 9.68. The summed E-state index contributed by atoms with van der Waals surface area (Å²) in [6.45, 7) is 5.80. The zero-order valence-corrected chi connectivity index (χ0v) is 15.5. The van der Waals surface area contributed by atoms with Gasteiger partial charge >= 0.3 is 5.97 Å². The molecule has 1 N–H and O–H groups in total. The third-order valence-corrected chi connectivity index (χ3v) is 7.62. The number of carbonyl (C=O) groups is 1. The van der Waals surface area contributed by atoms with E-state index in [1.165, 1.54) is 23.6 Å². The van der Waals surface area contributed by atoms with Gasteiger partial charge in [-0.3, -0.25) is 4.79 Å². The van der Waals surface area contributed by atoms with Crippen LogP contribution >= 0.6 is 0 Å². The number of halogens is 1. The summed E-state index contributed by atoms with van der Waals surface area (Å²) >= 11 is 0. The maximum absolute atomic E-state index is 14.8. The van der Waals surface area contributed by atoms with Gasteiger partial charge in [0.05, 0.1) is 6.10 Å². The molecule has 0 amide bonds. The summed E-state index contributed by atoms with van der Waals surface area (Å²) in [5, 5.41) is 10.0. The number of hydrogen-bond acceptors (Lipinski definition) is 3. The van der Waals surface area contributed by atoms with Gasteiger partial charge in [0.2, 0.25) is 0 Å². The fourth-order valence-corrected chi connectivity index (χ4v) is 6.29. The Labute approximate surface area is 149 Å². The lowest BCUT2D eigenvalue weighted by atomic mass is 9.52. The monoisotopic (exact) mass is 348 g/mol. The lowest BCUT2D eigenvalue weighted by Crippen LogP contribution is -2.45. The topological polar surface area (TPSA) is 46.5 Å². The Morgan fingerprint density at radius 2 is 1.96 bits per heavy atom. The van der Waals surface area contributed by atoms with Crippen molar-refractivity contribution in [1.82, 2.24) is 0 Å². The number of allylic oxidation sites excluding steroid dienone is 2. The number of alkyl halides is 1. The minimum atomic E-state index is -1.09. The van der Waals surface area contributed by atoms with Crippen LogP contribution < -0.4 is 0 Å². The molecule has 0 aromatic rings. The van der Waals surface area contributed by atoms with Gasteiger partial charge in [-0.1, -0.05) is 36.6 Å². The van der Waals surface area contributed by atoms with Crippen molar-refractivity contribution < 1.29 is 19.0 Å². The van der Waals surface area contributed by atoms with Crippen molar-refractivity contribution in [2.75, 3.05) is 0 Å². The van der Waals surface area contributed by atoms with E-state index in [4.69, 9.17) is 4.74 Å². The molecule has 0 unspecified atom stereocenters. The molecule has 0 saturated heterocycles. The smallest absolute Gasteiger partial charge is 0.303 e. The Morgan fingerprint density at radius 1 is 1.24 bits per heavy atom. The molecule has 0 bridgehead atoms. The number of rotatable bonds is 1. The molecule has 0 radical (unpaired) electrons. The van der Waals surface area contributed by atoms with Crippen LogP contribution in [0.5, 0.6) is 0 Å². The van der Waals surface area contributed by atoms with Crippen molar-refractivity contribution in [2.45, 2.75) is 84.1 Å². The van der Waals surface area contributed by atoms with Crippen LogP contribution in [0.2, 0.25) is 0 Å². The molecular formula is C21H29FO3. The van der Waals surface area contributed by atoms with Crippen LogP contribution in [0, 0.1) is 16.7 Å². The van der Waals surface area contributed by atoms with E-state index in [1.807, 2.05) is 0 Å². The molecule has 138 valence electrons. The second-order valence-electron chi connectivity index (χ2n) is 8.98. The number of carbonyl (C=O) groups excluding carboxylic acids is 1. The van der Waals surface area contributed by atoms with E-state index in [9.17, 15) is 14.3 Å². The minimum Gasteiger partial charge on any atom is -0.459 e. The molecule has 2 fully saturated rings. The van der Waals surface area contributed by atoms with E-state index in [0.29, 0.717) is 12.3 Å². The lowest BCUT2D eigenvalue weighted by Gasteiger charge is -2.53. The maximum atomic E-state index is 14.8. The van der Waals surface area contributed by atoms with Gasteiger partial charge in [0, 0.05) is 18.8 Å². The number of aliphatic hydroxyl groups is 1. The summed E-state index contributed by atoms with van der Waals surface area (Å²) in [5.41, 5.74) is 3.82. The van der Waals surface area contributed by atoms with Crippen molar-refractivity contribution in [2.24, 2.45) is 16.7 Å². The standard InChI is InChI=1S/C21H29FO3/c1-12(23)25-19-18(22)11-17-15-5-4-13-10-14(24)6-8-20(13,2)16(15)7-9-21(17,19)3/h10,14,16,18-19,24H,4-9,11H2,1-3H3/t14-,16-,18+,19-,20-,21-/m0/s1. The largest absolute Gasteiger partial charge is 0.459 e. The fourth-order valence-electron chi connectivity index (χ4n) is 6.29. The van der Waals surface area contributed by atoms with E-state index in [0.717, 1.165) is 38.5 Å². The molecule has 0 aliphatic heterocycles. The molecule has 2 saturated carbocycles. The number of hydrogen-bond donors (Lipinski definition) is 1. The summed E-state index contributed by atoms with van der Waals surface area (Å²) in [6, 6.07) is 0. The van der Waals surface area contributed by atoms with E-state index in [-0.39, 0.29) is 22.9 Å². The highest BCUT2D eigenvalue weighted by atomic mass is 19.1. The van der Waals surface area contributed by atoms with Gasteiger partial charge in [-0.25, -0.2) is 4.39 Å². The zero-order chi connectivity index (χ0) is 18.0. The zero-order valence-electron chi connectivity index (χ0n) is 15.5. The van der Waals surface area contributed by atoms with Gasteiger partial charge in [-0.15, -0.1) is 0 Å². The van der Waals surface area contributed by atoms with E-state index < -0.39 is 12.3 Å². The molecule has 0 heterocycles. The highest BCUT2D eigenvalue weighted by molar-refractivity contribution is 5.66. The Kier molecular flexibility index (Phi) is 3.91. The van der Waals surface area contributed by atoms with Crippen molar-refractivity contribution in [3.05, 3.63) is 22.8 Å². The van der Waals surface area contributed by atoms with Gasteiger partial charge in [0.25, 0.3) is 0 Å². The first kappa shape index (κ1) is 17.3. The summed E-state index contributed by atoms with van der Waals surface area (Å²) in [5.74, 6) is 0.0655. The van der Waals surface area contributed by atoms with Gasteiger partial charge in [-0.05, 0) is 49.9 Å². The molecule has 0 aromatic carbocycles. The summed E-state index contributed by atoms with van der Waals surface area (Å²) in [6.07, 6.45) is 6.11. The lowest BCUT2D eigenvalue weighted by molar-refractivity contribution is -0.154. The molecule has 6 atom stereocenters. The van der Waals surface area contributed by atoms with Crippen LogP contribution in [0.3, 0.4) is 0 Å². The predicted octanol–water partition coefficient (Wildman–Crippen LogP) is 4.25. The van der Waals surface area contributed by atoms with Gasteiger partial charge in [0.15, 0.2) is 0 Å². The molecule has 4 rings (SSSR count). The van der Waals surface area contributed by atoms with Crippen LogP contribution in [0.15, 0.2) is 22.8 Å². The minimum absolute atomic E-state index is 0.104. The SMILES string of the molecule is CC(=O)O[C@H]1[C@H](F)CC2=C3CCC4=C[C@@H](O)CC[C@]4(C)[C@H]3CC[C@@]21C. The Balaban J connectivity index is 1.74. The second kappa shape index (κ2) is 5.67. The normalized spacial score (nSPS) is 46.0. The van der Waals surface area contributed by atoms with Crippen molar-refractivity contribution in [3.63, 3.8) is 0 Å². The van der Waals surface area contributed by atoms with E-state index in [2.05, 4.69) is 19.9 Å². The van der Waals surface area contributed by atoms with Gasteiger partial charge in [0.1, 0.15) is 12.3 Å². The molecule has 4 aliphatic rings. The van der Waals surface area contributed by atoms with Crippen molar-refractivity contribution in [1.29, 1.82) is 0 Å². The first-order valence-corrected chi connectivity index (χ1v) is 9.68. The van der Waals surface area contributed by atoms with E-state index in [1.54, 1.807) is 0 Å². The Hall–Kier alpha value is -1.16. The molecule has 25 heavy (non-hydrogen) atoms. The number of fused-ring (bicyclic) bond motifs is 4. The van der Waals surface area contributed by atoms with Gasteiger partial charge in [-0.2, -0.15) is 0 Å². The van der Waals surface area contributed by atoms with Crippen LogP contribution in [-0.2, 0) is 9.53 Å². The molecule has 0 spiro atoms.